The molecular weight excluding hydrogens is 515 g/mol. The molecule has 1 amide bonds. The van der Waals surface area contributed by atoms with Crippen LogP contribution in [0.1, 0.15) is 54.8 Å². The van der Waals surface area contributed by atoms with Crippen LogP contribution in [0.2, 0.25) is 0 Å². The third-order valence-electron chi connectivity index (χ3n) is 6.05. The van der Waals surface area contributed by atoms with Crippen LogP contribution in [0.3, 0.4) is 0 Å². The third kappa shape index (κ3) is 7.13. The highest BCUT2D eigenvalue weighted by molar-refractivity contribution is 7.17. The molecule has 1 atom stereocenters. The third-order valence-corrected chi connectivity index (χ3v) is 6.95. The fraction of sp³-hybridized carbons (Fsp3) is 0.545. The zero-order chi connectivity index (χ0) is 26.6. The Kier molecular flexibility index (Phi) is 8.22. The molecule has 0 radical (unpaired) electrons. The number of carboxylic acids is 1. The maximum absolute atomic E-state index is 13.1. The zero-order valence-electron chi connectivity index (χ0n) is 19.7. The van der Waals surface area contributed by atoms with Crippen LogP contribution in [0.15, 0.2) is 22.4 Å². The van der Waals surface area contributed by atoms with Gasteiger partial charge in [-0.3, -0.25) is 14.3 Å². The first-order valence-corrected chi connectivity index (χ1v) is 12.7. The van der Waals surface area contributed by atoms with Crippen LogP contribution in [0.4, 0.5) is 13.2 Å². The molecule has 0 bridgehead atoms. The monoisotopic (exact) mass is 541 g/mol. The van der Waals surface area contributed by atoms with Crippen molar-refractivity contribution in [3.63, 3.8) is 0 Å². The number of H-pyrrole nitrogens is 1. The zero-order valence-corrected chi connectivity index (χ0v) is 20.5. The van der Waals surface area contributed by atoms with E-state index in [4.69, 9.17) is 9.90 Å². The van der Waals surface area contributed by atoms with Gasteiger partial charge >= 0.3 is 12.1 Å². The molecular formula is C22H26F3N7O4S. The molecule has 1 saturated heterocycles. The lowest BCUT2D eigenvalue weighted by molar-refractivity contribution is -0.192. The quantitative estimate of drug-likeness (QED) is 0.414. The number of nitrogens with one attached hydrogen (secondary N) is 2. The lowest BCUT2D eigenvalue weighted by Crippen LogP contribution is -2.34. The molecule has 1 saturated carbocycles. The van der Waals surface area contributed by atoms with Crippen molar-refractivity contribution in [3.05, 3.63) is 39.5 Å². The molecule has 3 aromatic heterocycles. The molecule has 1 unspecified atom stereocenters. The first-order valence-electron chi connectivity index (χ1n) is 11.8. The summed E-state index contributed by atoms with van der Waals surface area (Å²) >= 11 is 1.37. The number of thiophene rings is 1. The minimum atomic E-state index is -5.08. The molecule has 3 aromatic rings. The van der Waals surface area contributed by atoms with Gasteiger partial charge in [0.15, 0.2) is 5.69 Å². The van der Waals surface area contributed by atoms with Crippen LogP contribution in [0, 0.1) is 0 Å². The summed E-state index contributed by atoms with van der Waals surface area (Å²) < 4.78 is 34.1. The number of hydrogen-bond acceptors (Lipinski definition) is 8. The van der Waals surface area contributed by atoms with E-state index in [-0.39, 0.29) is 24.1 Å². The second-order valence-corrected chi connectivity index (χ2v) is 9.83. The van der Waals surface area contributed by atoms with Crippen molar-refractivity contribution in [3.8, 4) is 0 Å². The Morgan fingerprint density at radius 2 is 2.00 bits per heavy atom. The van der Waals surface area contributed by atoms with Gasteiger partial charge in [0.05, 0.1) is 18.3 Å². The molecule has 1 aliphatic carbocycles. The summed E-state index contributed by atoms with van der Waals surface area (Å²) in [6.07, 6.45) is 3.25. The average Bonchev–Trinajstić information content (AvgIpc) is 3.38. The molecule has 4 heterocycles. The van der Waals surface area contributed by atoms with E-state index < -0.39 is 12.1 Å². The number of carboxylic acid groups (broad SMARTS) is 1. The van der Waals surface area contributed by atoms with Crippen molar-refractivity contribution in [1.82, 2.24) is 35.2 Å². The van der Waals surface area contributed by atoms with Gasteiger partial charge in [0.1, 0.15) is 10.5 Å². The van der Waals surface area contributed by atoms with E-state index in [0.29, 0.717) is 27.8 Å². The van der Waals surface area contributed by atoms with Gasteiger partial charge in [-0.15, -0.1) is 16.4 Å². The van der Waals surface area contributed by atoms with Gasteiger partial charge in [0, 0.05) is 18.6 Å². The summed E-state index contributed by atoms with van der Waals surface area (Å²) in [6, 6.07) is 2.51. The molecule has 5 rings (SSSR count). The Labute approximate surface area is 212 Å². The number of aromatic nitrogens is 5. The van der Waals surface area contributed by atoms with Crippen molar-refractivity contribution < 1.29 is 27.9 Å². The van der Waals surface area contributed by atoms with E-state index in [1.807, 2.05) is 11.4 Å². The minimum absolute atomic E-state index is 0.157. The number of nitrogens with zero attached hydrogens (tertiary/aromatic N) is 5. The molecule has 0 aromatic carbocycles. The number of alkyl halides is 3. The predicted molar refractivity (Wildman–Crippen MR) is 127 cm³/mol. The van der Waals surface area contributed by atoms with Crippen LogP contribution in [0.5, 0.6) is 0 Å². The number of carbonyl (C=O) groups excluding carboxylic acids is 1. The number of halogens is 3. The summed E-state index contributed by atoms with van der Waals surface area (Å²) in [4.78, 5) is 43.4. The molecule has 1 aliphatic heterocycles. The Balaban J connectivity index is 0.000000405. The SMILES string of the molecule is O=C(O)C(F)(F)F.O=C(c1cn(CCC2CCCCN2)nn1)N(Cc1nc2ccsc2c(=O)[nH]1)C1CC1. The van der Waals surface area contributed by atoms with E-state index in [9.17, 15) is 22.8 Å². The number of fused-ring (bicyclic) bond motifs is 1. The predicted octanol–water partition coefficient (Wildman–Crippen LogP) is 2.55. The molecule has 11 nitrogen and oxygen atoms in total. The summed E-state index contributed by atoms with van der Waals surface area (Å²) in [5, 5.41) is 20.8. The summed E-state index contributed by atoms with van der Waals surface area (Å²) in [5.41, 5.74) is 0.858. The molecule has 15 heteroatoms. The Bertz CT molecular complexity index is 1300. The van der Waals surface area contributed by atoms with Crippen LogP contribution >= 0.6 is 11.3 Å². The molecule has 0 spiro atoms. The van der Waals surface area contributed by atoms with E-state index in [1.54, 1.807) is 15.8 Å². The second-order valence-electron chi connectivity index (χ2n) is 8.92. The van der Waals surface area contributed by atoms with Crippen LogP contribution in [0.25, 0.3) is 10.2 Å². The van der Waals surface area contributed by atoms with Crippen molar-refractivity contribution in [2.75, 3.05) is 6.54 Å². The Hall–Kier alpha value is -3.33. The van der Waals surface area contributed by atoms with E-state index in [1.165, 1.54) is 30.6 Å². The van der Waals surface area contributed by atoms with E-state index in [0.717, 1.165) is 32.4 Å². The molecule has 2 fully saturated rings. The molecule has 3 N–H and O–H groups in total. The lowest BCUT2D eigenvalue weighted by Gasteiger charge is -2.23. The van der Waals surface area contributed by atoms with Crippen molar-refractivity contribution in [2.24, 2.45) is 0 Å². The maximum atomic E-state index is 13.1. The Morgan fingerprint density at radius 3 is 2.65 bits per heavy atom. The number of aliphatic carboxylic acids is 1. The highest BCUT2D eigenvalue weighted by atomic mass is 32.1. The number of aryl methyl sites for hydroxylation is 1. The van der Waals surface area contributed by atoms with Gasteiger partial charge in [0.25, 0.3) is 11.5 Å². The molecule has 37 heavy (non-hydrogen) atoms. The van der Waals surface area contributed by atoms with Gasteiger partial charge in [-0.25, -0.2) is 9.78 Å². The normalized spacial score (nSPS) is 17.8. The lowest BCUT2D eigenvalue weighted by atomic mass is 10.0. The number of hydrogen-bond donors (Lipinski definition) is 3. The van der Waals surface area contributed by atoms with Crippen molar-refractivity contribution >= 4 is 33.4 Å². The first-order chi connectivity index (χ1) is 17.6. The maximum Gasteiger partial charge on any atom is 0.490 e. The van der Waals surface area contributed by atoms with Gasteiger partial charge in [0.2, 0.25) is 0 Å². The minimum Gasteiger partial charge on any atom is -0.475 e. The van der Waals surface area contributed by atoms with Crippen LogP contribution < -0.4 is 10.9 Å². The summed E-state index contributed by atoms with van der Waals surface area (Å²) in [7, 11) is 0. The second kappa shape index (κ2) is 11.4. The summed E-state index contributed by atoms with van der Waals surface area (Å²) in [5.74, 6) is -2.41. The molecule has 200 valence electrons. The number of aromatic amines is 1. The smallest absolute Gasteiger partial charge is 0.475 e. The topological polar surface area (TPSA) is 146 Å². The number of piperidine rings is 1. The van der Waals surface area contributed by atoms with Gasteiger partial charge in [-0.1, -0.05) is 11.6 Å². The summed E-state index contributed by atoms with van der Waals surface area (Å²) in [6.45, 7) is 2.09. The van der Waals surface area contributed by atoms with Gasteiger partial charge in [-0.2, -0.15) is 13.2 Å². The van der Waals surface area contributed by atoms with Crippen molar-refractivity contribution in [1.29, 1.82) is 0 Å². The Morgan fingerprint density at radius 1 is 1.24 bits per heavy atom. The average molecular weight is 542 g/mol. The highest BCUT2D eigenvalue weighted by Crippen LogP contribution is 2.29. The number of amides is 1. The van der Waals surface area contributed by atoms with E-state index >= 15 is 0 Å². The van der Waals surface area contributed by atoms with Crippen molar-refractivity contribution in [2.45, 2.75) is 69.9 Å². The fourth-order valence-electron chi connectivity index (χ4n) is 4.02. The first kappa shape index (κ1) is 26.7. The van der Waals surface area contributed by atoms with Gasteiger partial charge < -0.3 is 20.3 Å². The molecule has 2 aliphatic rings. The largest absolute Gasteiger partial charge is 0.490 e. The van der Waals surface area contributed by atoms with Crippen LogP contribution in [-0.2, 0) is 17.9 Å². The number of rotatable bonds is 7. The highest BCUT2D eigenvalue weighted by Gasteiger charge is 2.38. The van der Waals surface area contributed by atoms with E-state index in [2.05, 4.69) is 25.6 Å². The standard InChI is InChI=1S/C20H25N7O2S.C2HF3O2/c28-19-18-15(7-10-30-18)22-17(23-19)12-27(14-4-5-14)20(29)16-11-26(25-24-16)9-6-13-3-1-2-8-21-13;3-2(4,5)1(6)7/h7,10-11,13-14,21H,1-6,8-9,12H2,(H,22,23,28);(H,6,7). The van der Waals surface area contributed by atoms with Gasteiger partial charge in [-0.05, 0) is 50.1 Å². The number of carbonyl (C=O) groups is 2. The van der Waals surface area contributed by atoms with Crippen LogP contribution in [-0.4, -0.2) is 71.6 Å². The fourth-order valence-corrected chi connectivity index (χ4v) is 4.75.